The normalized spacial score (nSPS) is 13.9. The second-order valence-electron chi connectivity index (χ2n) is 6.99. The summed E-state index contributed by atoms with van der Waals surface area (Å²) in [6, 6.07) is 16.3. The van der Waals surface area contributed by atoms with Gasteiger partial charge in [0.1, 0.15) is 11.2 Å². The molecule has 0 aliphatic rings. The Balaban J connectivity index is 1.79. The van der Waals surface area contributed by atoms with Crippen LogP contribution in [-0.4, -0.2) is 15.0 Å². The van der Waals surface area contributed by atoms with Crippen molar-refractivity contribution in [2.45, 2.75) is 0 Å². The number of halogens is 1. The zero-order valence-corrected chi connectivity index (χ0v) is 17.2. The van der Waals surface area contributed by atoms with E-state index >= 15 is 0 Å². The molecule has 0 aliphatic heterocycles. The van der Waals surface area contributed by atoms with E-state index in [9.17, 15) is 0 Å². The lowest BCUT2D eigenvalue weighted by Crippen LogP contribution is -2.00. The predicted molar refractivity (Wildman–Crippen MR) is 128 cm³/mol. The van der Waals surface area contributed by atoms with E-state index in [1.54, 1.807) is 0 Å². The monoisotopic (exact) mass is 439 g/mol. The quantitative estimate of drug-likeness (QED) is 0.287. The van der Waals surface area contributed by atoms with Crippen molar-refractivity contribution < 1.29 is 12.6 Å². The number of rotatable bonds is 3. The first kappa shape index (κ1) is 13.4. The van der Waals surface area contributed by atoms with Crippen molar-refractivity contribution in [1.82, 2.24) is 15.0 Å². The second kappa shape index (κ2) is 7.59. The van der Waals surface area contributed by atoms with Crippen molar-refractivity contribution in [2.24, 2.45) is 0 Å². The fraction of sp³-hybridized carbons (Fsp3) is 0. The smallest absolute Gasteiger partial charge is 0.164 e. The number of para-hydroxylation sites is 1. The lowest BCUT2D eigenvalue weighted by Gasteiger charge is -2.09. The van der Waals surface area contributed by atoms with E-state index in [2.05, 4.69) is 15.0 Å². The van der Waals surface area contributed by atoms with E-state index in [4.69, 9.17) is 24.2 Å². The molecule has 0 saturated carbocycles. The van der Waals surface area contributed by atoms with Crippen LogP contribution in [0.15, 0.2) is 101 Å². The fourth-order valence-corrected chi connectivity index (χ4v) is 3.72. The van der Waals surface area contributed by atoms with Crippen LogP contribution in [0.5, 0.6) is 0 Å². The van der Waals surface area contributed by atoms with Crippen LogP contribution in [-0.2, 0) is 0 Å². The number of benzene rings is 4. The van der Waals surface area contributed by atoms with Crippen LogP contribution in [0.1, 0.15) is 8.22 Å². The highest BCUT2D eigenvalue weighted by atomic mass is 35.5. The van der Waals surface area contributed by atoms with Crippen molar-refractivity contribution in [3.63, 3.8) is 0 Å². The summed E-state index contributed by atoms with van der Waals surface area (Å²) in [6.07, 6.45) is 0. The van der Waals surface area contributed by atoms with Gasteiger partial charge in [0, 0.05) is 38.5 Å². The highest BCUT2D eigenvalue weighted by Crippen LogP contribution is 2.38. The van der Waals surface area contributed by atoms with E-state index in [1.807, 2.05) is 60.7 Å². The number of nitrogens with zero attached hydrogens (tertiary/aromatic N) is 3. The Morgan fingerprint density at radius 2 is 1.28 bits per heavy atom. The molecule has 0 radical (unpaired) electrons. The van der Waals surface area contributed by atoms with Gasteiger partial charge >= 0.3 is 0 Å². The average molecular weight is 440 g/mol. The van der Waals surface area contributed by atoms with Crippen molar-refractivity contribution in [3.8, 4) is 34.2 Å². The lowest BCUT2D eigenvalue weighted by atomic mass is 10.1. The Labute approximate surface area is 197 Å². The third kappa shape index (κ3) is 3.22. The summed E-state index contributed by atoms with van der Waals surface area (Å²) in [5.74, 6) is 0.732. The van der Waals surface area contributed by atoms with E-state index < -0.39 is 18.1 Å². The van der Waals surface area contributed by atoms with Gasteiger partial charge in [0.15, 0.2) is 17.5 Å². The average Bonchev–Trinajstić information content (AvgIpc) is 3.35. The maximum Gasteiger partial charge on any atom is 0.164 e. The molecule has 0 saturated heterocycles. The predicted octanol–water partition coefficient (Wildman–Crippen LogP) is 7.43. The molecule has 2 aromatic heterocycles. The molecule has 6 aromatic rings. The molecule has 6 rings (SSSR count). The summed E-state index contributed by atoms with van der Waals surface area (Å²) in [6.45, 7) is 0. The van der Waals surface area contributed by atoms with E-state index in [0.29, 0.717) is 22.8 Å². The molecule has 0 spiro atoms. The van der Waals surface area contributed by atoms with Gasteiger partial charge in [0.05, 0.1) is 8.22 Å². The number of hydrogen-bond acceptors (Lipinski definition) is 4. The molecule has 0 amide bonds. The molecule has 4 aromatic carbocycles. The van der Waals surface area contributed by atoms with Gasteiger partial charge in [-0.2, -0.15) is 0 Å². The Kier molecular flexibility index (Phi) is 3.18. The molecule has 0 aliphatic carbocycles. The van der Waals surface area contributed by atoms with Gasteiger partial charge in [-0.3, -0.25) is 0 Å². The minimum atomic E-state index is -0.468. The summed E-state index contributed by atoms with van der Waals surface area (Å²) in [4.78, 5) is 14.0. The molecule has 0 N–H and O–H groups in total. The first-order valence-corrected chi connectivity index (χ1v) is 10.1. The van der Waals surface area contributed by atoms with E-state index in [-0.39, 0.29) is 56.5 Å². The number of aromatic nitrogens is 3. The van der Waals surface area contributed by atoms with Crippen molar-refractivity contribution >= 4 is 33.5 Å². The van der Waals surface area contributed by atoms with Gasteiger partial charge in [0.25, 0.3) is 0 Å². The highest BCUT2D eigenvalue weighted by molar-refractivity contribution is 6.32. The maximum atomic E-state index is 8.85. The Morgan fingerprint density at radius 3 is 1.94 bits per heavy atom. The zero-order valence-electron chi connectivity index (χ0n) is 22.4. The molecular formula is C27H16ClN3O. The van der Waals surface area contributed by atoms with Gasteiger partial charge in [-0.15, -0.1) is 0 Å². The zero-order chi connectivity index (χ0) is 26.7. The number of hydrogen-bond donors (Lipinski definition) is 0. The van der Waals surface area contributed by atoms with Crippen molar-refractivity contribution in [2.75, 3.05) is 0 Å². The third-order valence-corrected chi connectivity index (χ3v) is 5.15. The summed E-state index contributed by atoms with van der Waals surface area (Å²) in [5.41, 5.74) is 1.28. The minimum absolute atomic E-state index is 0.0302. The first-order valence-electron chi connectivity index (χ1n) is 12.8. The van der Waals surface area contributed by atoms with E-state index in [1.165, 1.54) is 0 Å². The molecule has 0 atom stereocenters. The van der Waals surface area contributed by atoms with Crippen LogP contribution >= 0.6 is 11.6 Å². The van der Waals surface area contributed by atoms with Crippen LogP contribution in [0.3, 0.4) is 0 Å². The van der Waals surface area contributed by atoms with Gasteiger partial charge < -0.3 is 4.42 Å². The van der Waals surface area contributed by atoms with Gasteiger partial charge in [-0.1, -0.05) is 90.4 Å². The summed E-state index contributed by atoms with van der Waals surface area (Å²) in [5, 5.41) is -0.0667. The van der Waals surface area contributed by atoms with Gasteiger partial charge in [0.2, 0.25) is 0 Å². The first-order chi connectivity index (χ1) is 18.3. The molecule has 4 nitrogen and oxygen atoms in total. The number of fused-ring (bicyclic) bond motifs is 3. The van der Waals surface area contributed by atoms with Crippen LogP contribution in [0.2, 0.25) is 5.02 Å². The van der Waals surface area contributed by atoms with Crippen LogP contribution in [0.4, 0.5) is 0 Å². The van der Waals surface area contributed by atoms with Gasteiger partial charge in [-0.05, 0) is 12.1 Å². The molecule has 32 heavy (non-hydrogen) atoms. The number of furan rings is 1. The van der Waals surface area contributed by atoms with Crippen LogP contribution in [0.25, 0.3) is 56.1 Å². The maximum absolute atomic E-state index is 8.85. The molecule has 0 fully saturated rings. The molecule has 0 unspecified atom stereocenters. The molecule has 2 heterocycles. The highest BCUT2D eigenvalue weighted by Gasteiger charge is 2.18. The van der Waals surface area contributed by atoms with Crippen LogP contribution in [0, 0.1) is 0 Å². The molecule has 5 heteroatoms. The minimum Gasteiger partial charge on any atom is -0.456 e. The fourth-order valence-electron chi connectivity index (χ4n) is 3.54. The second-order valence-corrected chi connectivity index (χ2v) is 7.37. The lowest BCUT2D eigenvalue weighted by molar-refractivity contribution is 0.669. The Morgan fingerprint density at radius 1 is 0.688 bits per heavy atom. The topological polar surface area (TPSA) is 51.8 Å². The largest absolute Gasteiger partial charge is 0.456 e. The standard InChI is InChI=1S/C27H16ClN3O/c28-19-15-21(24-20-13-7-8-14-22(20)32-23(24)16-19)27-30-25(17-9-3-1-4-10-17)29-26(31-27)18-11-5-2-6-12-18/h1-16H/i7D,8D,13D,14D,15D,16D. The molecule has 0 bridgehead atoms. The van der Waals surface area contributed by atoms with Crippen molar-refractivity contribution in [3.05, 3.63) is 102 Å². The summed E-state index contributed by atoms with van der Waals surface area (Å²) in [7, 11) is 0. The van der Waals surface area contributed by atoms with Gasteiger partial charge in [-0.25, -0.2) is 15.0 Å². The SMILES string of the molecule is [2H]c1c([2H])c([2H])c2c(oc3c([2H])c(Cl)c([2H])c(-c4nc(-c5ccccc5)nc(-c5ccccc5)n4)c32)c1[2H]. The Bertz CT molecular complexity index is 1840. The summed E-state index contributed by atoms with van der Waals surface area (Å²) >= 11 is 6.42. The third-order valence-electron chi connectivity index (χ3n) is 4.97. The molecular weight excluding hydrogens is 418 g/mol. The Hall–Kier alpha value is -4.02. The molecule has 152 valence electrons. The summed E-state index contributed by atoms with van der Waals surface area (Å²) < 4.78 is 56.3. The van der Waals surface area contributed by atoms with Crippen LogP contribution < -0.4 is 0 Å². The van der Waals surface area contributed by atoms with E-state index in [0.717, 1.165) is 0 Å². The van der Waals surface area contributed by atoms with Crippen molar-refractivity contribution in [1.29, 1.82) is 0 Å².